The molecule has 5 heteroatoms. The van der Waals surface area contributed by atoms with Crippen molar-refractivity contribution in [3.8, 4) is 5.75 Å². The van der Waals surface area contributed by atoms with Gasteiger partial charge in [-0.1, -0.05) is 52.8 Å². The number of carbonyl (C=O) groups excluding carboxylic acids is 1. The van der Waals surface area contributed by atoms with Gasteiger partial charge in [0.25, 0.3) is 0 Å². The number of ether oxygens (including phenoxy) is 1. The van der Waals surface area contributed by atoms with E-state index in [9.17, 15) is 4.79 Å². The van der Waals surface area contributed by atoms with Gasteiger partial charge >= 0.3 is 0 Å². The van der Waals surface area contributed by atoms with Crippen LogP contribution in [0.2, 0.25) is 0 Å². The summed E-state index contributed by atoms with van der Waals surface area (Å²) in [7, 11) is 0. The fraction of sp³-hybridized carbons (Fsp3) is 0.565. The first kappa shape index (κ1) is 22.4. The van der Waals surface area contributed by atoms with E-state index in [1.807, 2.05) is 28.5 Å². The van der Waals surface area contributed by atoms with Gasteiger partial charge in [0, 0.05) is 17.8 Å². The number of aromatic nitrogens is 1. The van der Waals surface area contributed by atoms with Gasteiger partial charge in [-0.15, -0.1) is 11.3 Å². The Labute approximate surface area is 173 Å². The molecule has 4 nitrogen and oxygen atoms in total. The Balaban J connectivity index is 2.03. The van der Waals surface area contributed by atoms with Crippen molar-refractivity contribution in [2.45, 2.75) is 79.5 Å². The number of carbonyl (C=O) groups is 1. The van der Waals surface area contributed by atoms with Crippen molar-refractivity contribution in [3.63, 3.8) is 0 Å². The molecule has 28 heavy (non-hydrogen) atoms. The quantitative estimate of drug-likeness (QED) is 0.488. The first-order valence-corrected chi connectivity index (χ1v) is 11.1. The van der Waals surface area contributed by atoms with Crippen molar-refractivity contribution in [1.82, 2.24) is 9.88 Å². The molecular formula is C23H34N2O2S. The lowest BCUT2D eigenvalue weighted by atomic mass is 10.0. The molecule has 0 bridgehead atoms. The van der Waals surface area contributed by atoms with Crippen molar-refractivity contribution >= 4 is 17.2 Å². The van der Waals surface area contributed by atoms with Crippen LogP contribution >= 0.6 is 11.3 Å². The Morgan fingerprint density at radius 1 is 1.18 bits per heavy atom. The number of thiazole rings is 1. The van der Waals surface area contributed by atoms with Crippen LogP contribution in [-0.2, 0) is 17.9 Å². The van der Waals surface area contributed by atoms with Crippen LogP contribution in [0.25, 0.3) is 0 Å². The zero-order valence-corrected chi connectivity index (χ0v) is 18.9. The van der Waals surface area contributed by atoms with E-state index < -0.39 is 0 Å². The SMILES string of the molecule is CC[C@@H](C)N(Cc1csc(COc2ccccc2C(C)C)n1)C(=O)CC(C)C. The summed E-state index contributed by atoms with van der Waals surface area (Å²) in [5.74, 6) is 1.90. The zero-order chi connectivity index (χ0) is 20.7. The summed E-state index contributed by atoms with van der Waals surface area (Å²) in [4.78, 5) is 19.3. The van der Waals surface area contributed by atoms with E-state index >= 15 is 0 Å². The number of benzene rings is 1. The molecule has 1 aromatic heterocycles. The van der Waals surface area contributed by atoms with Crippen molar-refractivity contribution in [2.24, 2.45) is 5.92 Å². The number of hydrogen-bond donors (Lipinski definition) is 0. The maximum atomic E-state index is 12.7. The standard InChI is InChI=1S/C23H34N2O2S/c1-7-18(6)25(23(26)12-16(2)3)13-19-15-28-22(24-19)14-27-21-11-9-8-10-20(21)17(4)5/h8-11,15-18H,7,12-14H2,1-6H3/t18-/m1/s1. The lowest BCUT2D eigenvalue weighted by Crippen LogP contribution is -2.38. The number of amides is 1. The minimum atomic E-state index is 0.209. The second kappa shape index (κ2) is 10.6. The molecule has 0 spiro atoms. The van der Waals surface area contributed by atoms with E-state index in [1.165, 1.54) is 5.56 Å². The van der Waals surface area contributed by atoms with E-state index in [1.54, 1.807) is 11.3 Å². The first-order valence-electron chi connectivity index (χ1n) is 10.3. The average molecular weight is 403 g/mol. The molecular weight excluding hydrogens is 368 g/mol. The normalized spacial score (nSPS) is 12.4. The second-order valence-electron chi connectivity index (χ2n) is 8.09. The molecule has 0 radical (unpaired) electrons. The van der Waals surface area contributed by atoms with Crippen LogP contribution in [0.15, 0.2) is 29.6 Å². The molecule has 0 fully saturated rings. The van der Waals surface area contributed by atoms with Gasteiger partial charge in [-0.2, -0.15) is 0 Å². The topological polar surface area (TPSA) is 42.4 Å². The monoisotopic (exact) mass is 402 g/mol. The highest BCUT2D eigenvalue weighted by atomic mass is 32.1. The number of nitrogens with zero attached hydrogens (tertiary/aromatic N) is 2. The van der Waals surface area contributed by atoms with Crippen molar-refractivity contribution in [1.29, 1.82) is 0 Å². The Bertz CT molecular complexity index is 755. The van der Waals surface area contributed by atoms with E-state index in [2.05, 4.69) is 47.6 Å². The van der Waals surface area contributed by atoms with Crippen molar-refractivity contribution < 1.29 is 9.53 Å². The Kier molecular flexibility index (Phi) is 8.49. The lowest BCUT2D eigenvalue weighted by Gasteiger charge is -2.28. The molecule has 0 saturated heterocycles. The molecule has 1 aromatic carbocycles. The molecule has 1 amide bonds. The molecule has 154 valence electrons. The van der Waals surface area contributed by atoms with Gasteiger partial charge in [0.05, 0.1) is 12.2 Å². The molecule has 0 unspecified atom stereocenters. The van der Waals surface area contributed by atoms with Crippen molar-refractivity contribution in [2.75, 3.05) is 0 Å². The highest BCUT2D eigenvalue weighted by Gasteiger charge is 2.21. The van der Waals surface area contributed by atoms with Gasteiger partial charge in [-0.05, 0) is 36.8 Å². The van der Waals surface area contributed by atoms with E-state index in [0.29, 0.717) is 31.4 Å². The predicted octanol–water partition coefficient (Wildman–Crippen LogP) is 6.02. The average Bonchev–Trinajstić information content (AvgIpc) is 3.11. The fourth-order valence-electron chi connectivity index (χ4n) is 3.07. The summed E-state index contributed by atoms with van der Waals surface area (Å²) < 4.78 is 6.04. The van der Waals surface area contributed by atoms with Gasteiger partial charge < -0.3 is 9.64 Å². The molecule has 0 N–H and O–H groups in total. The van der Waals surface area contributed by atoms with Crippen LogP contribution in [0.3, 0.4) is 0 Å². The molecule has 0 aliphatic rings. The Morgan fingerprint density at radius 3 is 2.54 bits per heavy atom. The number of hydrogen-bond acceptors (Lipinski definition) is 4. The molecule has 1 heterocycles. The summed E-state index contributed by atoms with van der Waals surface area (Å²) >= 11 is 1.60. The summed E-state index contributed by atoms with van der Waals surface area (Å²) in [5.41, 5.74) is 2.15. The molecule has 0 aliphatic heterocycles. The second-order valence-corrected chi connectivity index (χ2v) is 9.03. The number of para-hydroxylation sites is 1. The first-order chi connectivity index (χ1) is 13.3. The van der Waals surface area contributed by atoms with E-state index in [0.717, 1.165) is 22.9 Å². The van der Waals surface area contributed by atoms with E-state index in [4.69, 9.17) is 9.72 Å². The van der Waals surface area contributed by atoms with Gasteiger partial charge in [0.15, 0.2) is 0 Å². The number of rotatable bonds is 10. The molecule has 2 rings (SSSR count). The molecule has 1 atom stereocenters. The van der Waals surface area contributed by atoms with Crippen LogP contribution in [0.1, 0.15) is 76.6 Å². The Hall–Kier alpha value is -1.88. The van der Waals surface area contributed by atoms with Gasteiger partial charge in [0.2, 0.25) is 5.91 Å². The third-order valence-corrected chi connectivity index (χ3v) is 5.72. The fourth-order valence-corrected chi connectivity index (χ4v) is 3.76. The van der Waals surface area contributed by atoms with E-state index in [-0.39, 0.29) is 11.9 Å². The maximum Gasteiger partial charge on any atom is 0.223 e. The summed E-state index contributed by atoms with van der Waals surface area (Å²) in [5, 5.41) is 2.99. The summed E-state index contributed by atoms with van der Waals surface area (Å²) in [6.45, 7) is 13.8. The van der Waals surface area contributed by atoms with Crippen molar-refractivity contribution in [3.05, 3.63) is 45.9 Å². The molecule has 0 saturated carbocycles. The van der Waals surface area contributed by atoms with Crippen LogP contribution in [0, 0.1) is 5.92 Å². The molecule has 2 aromatic rings. The minimum Gasteiger partial charge on any atom is -0.486 e. The third kappa shape index (κ3) is 6.33. The summed E-state index contributed by atoms with van der Waals surface area (Å²) in [6, 6.07) is 8.38. The van der Waals surface area contributed by atoms with Crippen LogP contribution in [0.4, 0.5) is 0 Å². The maximum absolute atomic E-state index is 12.7. The van der Waals surface area contributed by atoms with Crippen LogP contribution in [0.5, 0.6) is 5.75 Å². The van der Waals surface area contributed by atoms with Gasteiger partial charge in [-0.25, -0.2) is 4.98 Å². The zero-order valence-electron chi connectivity index (χ0n) is 18.1. The smallest absolute Gasteiger partial charge is 0.223 e. The lowest BCUT2D eigenvalue weighted by molar-refractivity contribution is -0.134. The van der Waals surface area contributed by atoms with Gasteiger partial charge in [0.1, 0.15) is 17.4 Å². The highest BCUT2D eigenvalue weighted by molar-refractivity contribution is 7.09. The summed E-state index contributed by atoms with van der Waals surface area (Å²) in [6.07, 6.45) is 1.52. The predicted molar refractivity (Wildman–Crippen MR) is 117 cm³/mol. The van der Waals surface area contributed by atoms with Crippen LogP contribution in [-0.4, -0.2) is 21.8 Å². The third-order valence-electron chi connectivity index (χ3n) is 4.85. The minimum absolute atomic E-state index is 0.209. The highest BCUT2D eigenvalue weighted by Crippen LogP contribution is 2.27. The van der Waals surface area contributed by atoms with Gasteiger partial charge in [-0.3, -0.25) is 4.79 Å². The van der Waals surface area contributed by atoms with Crippen LogP contribution < -0.4 is 4.74 Å². The largest absolute Gasteiger partial charge is 0.486 e. The Morgan fingerprint density at radius 2 is 1.89 bits per heavy atom. The molecule has 0 aliphatic carbocycles.